The molecule has 1 atom stereocenters. The number of ether oxygens (including phenoxy) is 1. The van der Waals surface area contributed by atoms with E-state index in [1.54, 1.807) is 17.9 Å². The number of anilines is 1. The van der Waals surface area contributed by atoms with E-state index < -0.39 is 24.0 Å². The number of carboxylic acids is 1. The van der Waals surface area contributed by atoms with Crippen LogP contribution in [-0.4, -0.2) is 45.5 Å². The van der Waals surface area contributed by atoms with E-state index in [4.69, 9.17) is 9.84 Å². The molecule has 1 heterocycles. The van der Waals surface area contributed by atoms with E-state index in [0.717, 1.165) is 22.3 Å². The number of rotatable bonds is 9. The summed E-state index contributed by atoms with van der Waals surface area (Å²) in [5.74, 6) is -1.71. The van der Waals surface area contributed by atoms with E-state index in [2.05, 4.69) is 15.7 Å². The second-order valence-corrected chi connectivity index (χ2v) is 8.46. The Labute approximate surface area is 203 Å². The highest BCUT2D eigenvalue weighted by atomic mass is 16.5. The molecule has 1 aliphatic carbocycles. The Bertz CT molecular complexity index is 1210. The van der Waals surface area contributed by atoms with Gasteiger partial charge in [-0.2, -0.15) is 5.10 Å². The van der Waals surface area contributed by atoms with Crippen LogP contribution in [0.1, 0.15) is 42.5 Å². The lowest BCUT2D eigenvalue weighted by Gasteiger charge is -2.19. The summed E-state index contributed by atoms with van der Waals surface area (Å²) in [5, 5.41) is 18.7. The van der Waals surface area contributed by atoms with E-state index in [9.17, 15) is 14.4 Å². The van der Waals surface area contributed by atoms with Crippen molar-refractivity contribution in [1.29, 1.82) is 0 Å². The second-order valence-electron chi connectivity index (χ2n) is 8.46. The van der Waals surface area contributed by atoms with Crippen LogP contribution in [0.15, 0.2) is 54.7 Å². The number of nitrogens with one attached hydrogen (secondary N) is 2. The molecule has 2 aromatic carbocycles. The smallest absolute Gasteiger partial charge is 0.407 e. The van der Waals surface area contributed by atoms with Crippen molar-refractivity contribution in [3.63, 3.8) is 0 Å². The number of carbonyl (C=O) groups is 3. The van der Waals surface area contributed by atoms with Crippen LogP contribution in [0.2, 0.25) is 0 Å². The number of alkyl carbamates (subject to hydrolysis) is 1. The van der Waals surface area contributed by atoms with Crippen LogP contribution in [0.5, 0.6) is 0 Å². The highest BCUT2D eigenvalue weighted by Gasteiger charge is 2.30. The van der Waals surface area contributed by atoms with Crippen LogP contribution < -0.4 is 10.6 Å². The molecule has 0 saturated carbocycles. The highest BCUT2D eigenvalue weighted by Crippen LogP contribution is 2.44. The minimum atomic E-state index is -1.08. The maximum absolute atomic E-state index is 12.9. The lowest BCUT2D eigenvalue weighted by atomic mass is 9.98. The van der Waals surface area contributed by atoms with Crippen molar-refractivity contribution >= 4 is 23.7 Å². The van der Waals surface area contributed by atoms with Crippen LogP contribution in [-0.2, 0) is 27.8 Å². The lowest BCUT2D eigenvalue weighted by Crippen LogP contribution is -2.44. The Hall–Kier alpha value is -4.14. The quantitative estimate of drug-likeness (QED) is 0.433. The number of aliphatic carboxylic acids is 1. The van der Waals surface area contributed by atoms with Gasteiger partial charge in [0.2, 0.25) is 5.91 Å². The molecule has 4 rings (SSSR count). The fourth-order valence-corrected chi connectivity index (χ4v) is 4.44. The van der Waals surface area contributed by atoms with Gasteiger partial charge in [-0.3, -0.25) is 14.3 Å². The fraction of sp³-hybridized carbons (Fsp3) is 0.308. The Kier molecular flexibility index (Phi) is 7.14. The first-order valence-electron chi connectivity index (χ1n) is 11.5. The molecule has 0 radical (unpaired) electrons. The van der Waals surface area contributed by atoms with E-state index in [1.807, 2.05) is 55.5 Å². The molecular formula is C26H28N4O5. The summed E-state index contributed by atoms with van der Waals surface area (Å²) in [4.78, 5) is 36.7. The van der Waals surface area contributed by atoms with Crippen molar-refractivity contribution in [2.45, 2.75) is 38.1 Å². The Morgan fingerprint density at radius 3 is 2.31 bits per heavy atom. The number of fused-ring (bicyclic) bond motifs is 3. The van der Waals surface area contributed by atoms with Crippen molar-refractivity contribution in [1.82, 2.24) is 15.1 Å². The topological polar surface area (TPSA) is 123 Å². The number of amides is 2. The van der Waals surface area contributed by atoms with Crippen LogP contribution >= 0.6 is 0 Å². The van der Waals surface area contributed by atoms with E-state index in [1.165, 1.54) is 0 Å². The summed E-state index contributed by atoms with van der Waals surface area (Å²) < 4.78 is 7.12. The van der Waals surface area contributed by atoms with Gasteiger partial charge in [0.05, 0.1) is 11.4 Å². The van der Waals surface area contributed by atoms with Gasteiger partial charge in [0.1, 0.15) is 12.6 Å². The molecule has 0 aliphatic heterocycles. The number of carbonyl (C=O) groups excluding carboxylic acids is 2. The SMILES string of the molecule is CCc1nn(C)cc1NC(=O)C(CCC(=O)O)NC(=O)OCC1c2ccccc2-c2ccccc21. The third-order valence-corrected chi connectivity index (χ3v) is 6.10. The molecule has 0 fully saturated rings. The number of carboxylic acid groups (broad SMARTS) is 1. The zero-order valence-corrected chi connectivity index (χ0v) is 19.7. The minimum Gasteiger partial charge on any atom is -0.481 e. The molecule has 9 nitrogen and oxygen atoms in total. The number of nitrogens with zero attached hydrogens (tertiary/aromatic N) is 2. The van der Waals surface area contributed by atoms with Gasteiger partial charge in [-0.15, -0.1) is 0 Å². The van der Waals surface area contributed by atoms with Crippen LogP contribution in [0, 0.1) is 0 Å². The average Bonchev–Trinajstić information content (AvgIpc) is 3.36. The number of aromatic nitrogens is 2. The van der Waals surface area contributed by atoms with Crippen molar-refractivity contribution < 1.29 is 24.2 Å². The zero-order chi connectivity index (χ0) is 24.9. The largest absolute Gasteiger partial charge is 0.481 e. The first kappa shape index (κ1) is 24.0. The molecule has 3 aromatic rings. The number of aryl methyl sites for hydroxylation is 2. The first-order chi connectivity index (χ1) is 16.9. The Balaban J connectivity index is 1.43. The molecule has 3 N–H and O–H groups in total. The monoisotopic (exact) mass is 476 g/mol. The number of benzene rings is 2. The van der Waals surface area contributed by atoms with Gasteiger partial charge >= 0.3 is 12.1 Å². The number of hydrogen-bond donors (Lipinski definition) is 3. The molecule has 1 aliphatic rings. The Morgan fingerprint density at radius 1 is 1.09 bits per heavy atom. The summed E-state index contributed by atoms with van der Waals surface area (Å²) in [6.07, 6.45) is 1.14. The van der Waals surface area contributed by atoms with E-state index in [-0.39, 0.29) is 25.4 Å². The summed E-state index contributed by atoms with van der Waals surface area (Å²) >= 11 is 0. The third kappa shape index (κ3) is 5.34. The standard InChI is InChI=1S/C26H28N4O5/c1-3-21-23(14-30(2)29-21)27-25(33)22(12-13-24(31)32)28-26(34)35-15-20-18-10-6-4-8-16(18)17-9-5-7-11-19(17)20/h4-11,14,20,22H,3,12-13,15H2,1-2H3,(H,27,33)(H,28,34)(H,31,32). The lowest BCUT2D eigenvalue weighted by molar-refractivity contribution is -0.137. The van der Waals surface area contributed by atoms with Gasteiger partial charge in [0.15, 0.2) is 0 Å². The summed E-state index contributed by atoms with van der Waals surface area (Å²) in [7, 11) is 1.74. The van der Waals surface area contributed by atoms with Gasteiger partial charge in [-0.25, -0.2) is 4.79 Å². The van der Waals surface area contributed by atoms with Crippen molar-refractivity contribution in [2.75, 3.05) is 11.9 Å². The Morgan fingerprint density at radius 2 is 1.71 bits per heavy atom. The first-order valence-corrected chi connectivity index (χ1v) is 11.5. The molecule has 0 spiro atoms. The minimum absolute atomic E-state index is 0.0763. The van der Waals surface area contributed by atoms with E-state index in [0.29, 0.717) is 17.8 Å². The average molecular weight is 477 g/mol. The molecule has 1 aromatic heterocycles. The van der Waals surface area contributed by atoms with Gasteiger partial charge in [-0.1, -0.05) is 55.5 Å². The summed E-state index contributed by atoms with van der Waals surface area (Å²) in [6.45, 7) is 2.00. The van der Waals surface area contributed by atoms with Crippen LogP contribution in [0.4, 0.5) is 10.5 Å². The molecule has 9 heteroatoms. The molecule has 1 unspecified atom stereocenters. The normalized spacial score (nSPS) is 13.0. The van der Waals surface area contributed by atoms with Crippen LogP contribution in [0.25, 0.3) is 11.1 Å². The predicted octanol–water partition coefficient (Wildman–Crippen LogP) is 3.69. The van der Waals surface area contributed by atoms with Gasteiger partial charge in [0, 0.05) is 25.6 Å². The summed E-state index contributed by atoms with van der Waals surface area (Å²) in [5.41, 5.74) is 5.59. The second kappa shape index (κ2) is 10.4. The van der Waals surface area contributed by atoms with Gasteiger partial charge in [-0.05, 0) is 35.1 Å². The zero-order valence-electron chi connectivity index (χ0n) is 19.7. The van der Waals surface area contributed by atoms with E-state index >= 15 is 0 Å². The number of hydrogen-bond acceptors (Lipinski definition) is 5. The van der Waals surface area contributed by atoms with Crippen molar-refractivity contribution in [3.8, 4) is 11.1 Å². The molecular weight excluding hydrogens is 448 g/mol. The molecule has 2 amide bonds. The highest BCUT2D eigenvalue weighted by molar-refractivity contribution is 5.97. The molecule has 35 heavy (non-hydrogen) atoms. The molecule has 0 bridgehead atoms. The van der Waals surface area contributed by atoms with Crippen molar-refractivity contribution in [3.05, 3.63) is 71.5 Å². The maximum atomic E-state index is 12.9. The maximum Gasteiger partial charge on any atom is 0.407 e. The van der Waals surface area contributed by atoms with Crippen molar-refractivity contribution in [2.24, 2.45) is 7.05 Å². The third-order valence-electron chi connectivity index (χ3n) is 6.10. The van der Waals surface area contributed by atoms with Gasteiger partial charge < -0.3 is 20.5 Å². The predicted molar refractivity (Wildman–Crippen MR) is 130 cm³/mol. The molecule has 182 valence electrons. The summed E-state index contributed by atoms with van der Waals surface area (Å²) in [6, 6.07) is 14.9. The molecule has 0 saturated heterocycles. The fourth-order valence-electron chi connectivity index (χ4n) is 4.44. The van der Waals surface area contributed by atoms with Gasteiger partial charge in [0.25, 0.3) is 0 Å². The van der Waals surface area contributed by atoms with Crippen LogP contribution in [0.3, 0.4) is 0 Å².